The van der Waals surface area contributed by atoms with Gasteiger partial charge < -0.3 is 20.4 Å². The smallest absolute Gasteiger partial charge is 0.405 e. The van der Waals surface area contributed by atoms with Crippen molar-refractivity contribution >= 4 is 22.4 Å². The van der Waals surface area contributed by atoms with Crippen molar-refractivity contribution in [2.45, 2.75) is 13.3 Å². The van der Waals surface area contributed by atoms with Crippen LogP contribution < -0.4 is 15.8 Å². The molecule has 1 aromatic carbocycles. The molecule has 3 aromatic rings. The maximum absolute atomic E-state index is 12.4. The van der Waals surface area contributed by atoms with E-state index in [1.165, 1.54) is 25.3 Å². The largest absolute Gasteiger partial charge is 0.573 e. The summed E-state index contributed by atoms with van der Waals surface area (Å²) in [6.07, 6.45) is -1.36. The van der Waals surface area contributed by atoms with Gasteiger partial charge in [-0.1, -0.05) is 6.07 Å². The van der Waals surface area contributed by atoms with Crippen LogP contribution in [0.25, 0.3) is 16.7 Å². The number of rotatable bonds is 4. The fourth-order valence-corrected chi connectivity index (χ4v) is 2.45. The number of benzene rings is 1. The highest BCUT2D eigenvalue weighted by molar-refractivity contribution is 5.78. The number of nitrogens with one attached hydrogen (secondary N) is 1. The number of pyridine rings is 1. The van der Waals surface area contributed by atoms with Crippen LogP contribution in [0.5, 0.6) is 5.75 Å². The SMILES string of the molecule is Cc1ccc(N/C=C(\N)c2ccc3ccn(C)c3n2)cc1OC(F)(F)F. The maximum atomic E-state index is 12.4. The number of nitrogens with two attached hydrogens (primary N) is 1. The molecule has 0 radical (unpaired) electrons. The predicted octanol–water partition coefficient (Wildman–Crippen LogP) is 4.15. The molecular formula is C18H17F3N4O. The molecule has 3 N–H and O–H groups in total. The van der Waals surface area contributed by atoms with Gasteiger partial charge in [0.25, 0.3) is 0 Å². The van der Waals surface area contributed by atoms with Crippen LogP contribution in [0.2, 0.25) is 0 Å². The Labute approximate surface area is 147 Å². The standard InChI is InChI=1S/C18H17F3N4O/c1-11-3-5-13(9-16(11)26-18(19,20)21)23-10-14(22)15-6-4-12-7-8-25(2)17(12)24-15/h3-10,23H,22H2,1-2H3/b14-10-. The number of anilines is 1. The first kappa shape index (κ1) is 17.7. The fourth-order valence-electron chi connectivity index (χ4n) is 2.45. The molecule has 0 atom stereocenters. The number of aromatic nitrogens is 2. The highest BCUT2D eigenvalue weighted by Crippen LogP contribution is 2.29. The van der Waals surface area contributed by atoms with Crippen molar-refractivity contribution in [3.05, 3.63) is 60.1 Å². The highest BCUT2D eigenvalue weighted by atomic mass is 19.4. The van der Waals surface area contributed by atoms with E-state index >= 15 is 0 Å². The van der Waals surface area contributed by atoms with Gasteiger partial charge in [-0.25, -0.2) is 4.98 Å². The number of fused-ring (bicyclic) bond motifs is 1. The molecule has 0 unspecified atom stereocenters. The Bertz CT molecular complexity index is 976. The fraction of sp³-hybridized carbons (Fsp3) is 0.167. The van der Waals surface area contributed by atoms with Gasteiger partial charge in [-0.05, 0) is 36.8 Å². The topological polar surface area (TPSA) is 65.1 Å². The molecule has 0 aliphatic heterocycles. The van der Waals surface area contributed by atoms with Gasteiger partial charge in [0.15, 0.2) is 0 Å². The maximum Gasteiger partial charge on any atom is 0.573 e. The van der Waals surface area contributed by atoms with Gasteiger partial charge in [-0.2, -0.15) is 0 Å². The minimum atomic E-state index is -4.74. The van der Waals surface area contributed by atoms with Gasteiger partial charge in [0.05, 0.1) is 11.4 Å². The molecule has 3 rings (SSSR count). The van der Waals surface area contributed by atoms with Crippen molar-refractivity contribution in [2.24, 2.45) is 12.8 Å². The molecule has 0 saturated heterocycles. The Balaban J connectivity index is 1.81. The summed E-state index contributed by atoms with van der Waals surface area (Å²) in [5.74, 6) is -0.266. The second kappa shape index (κ2) is 6.62. The highest BCUT2D eigenvalue weighted by Gasteiger charge is 2.31. The molecule has 8 heteroatoms. The average molecular weight is 362 g/mol. The van der Waals surface area contributed by atoms with E-state index in [1.54, 1.807) is 12.1 Å². The van der Waals surface area contributed by atoms with Crippen molar-refractivity contribution in [1.82, 2.24) is 9.55 Å². The summed E-state index contributed by atoms with van der Waals surface area (Å²) in [5.41, 5.74) is 8.53. The lowest BCUT2D eigenvalue weighted by Gasteiger charge is -2.13. The quantitative estimate of drug-likeness (QED) is 0.732. The van der Waals surface area contributed by atoms with Gasteiger partial charge in [-0.3, -0.25) is 0 Å². The third-order valence-electron chi connectivity index (χ3n) is 3.82. The zero-order chi connectivity index (χ0) is 18.9. The molecule has 0 spiro atoms. The Morgan fingerprint density at radius 1 is 1.23 bits per heavy atom. The monoisotopic (exact) mass is 362 g/mol. The summed E-state index contributed by atoms with van der Waals surface area (Å²) in [7, 11) is 1.88. The van der Waals surface area contributed by atoms with E-state index in [-0.39, 0.29) is 5.75 Å². The van der Waals surface area contributed by atoms with E-state index in [0.717, 1.165) is 11.0 Å². The Morgan fingerprint density at radius 3 is 2.73 bits per heavy atom. The van der Waals surface area contributed by atoms with Crippen LogP contribution in [0.3, 0.4) is 0 Å². The van der Waals surface area contributed by atoms with E-state index in [4.69, 9.17) is 5.73 Å². The molecule has 0 amide bonds. The van der Waals surface area contributed by atoms with Crippen LogP contribution in [-0.4, -0.2) is 15.9 Å². The van der Waals surface area contributed by atoms with E-state index < -0.39 is 6.36 Å². The van der Waals surface area contributed by atoms with Gasteiger partial charge in [0.1, 0.15) is 11.4 Å². The zero-order valence-electron chi connectivity index (χ0n) is 14.1. The Hall–Kier alpha value is -3.16. The molecule has 0 aliphatic carbocycles. The van der Waals surface area contributed by atoms with E-state index in [9.17, 15) is 13.2 Å². The van der Waals surface area contributed by atoms with Gasteiger partial charge in [0.2, 0.25) is 0 Å². The Morgan fingerprint density at radius 2 is 2.00 bits per heavy atom. The van der Waals surface area contributed by atoms with Crippen molar-refractivity contribution in [1.29, 1.82) is 0 Å². The molecule has 2 heterocycles. The summed E-state index contributed by atoms with van der Waals surface area (Å²) in [4.78, 5) is 4.48. The number of ether oxygens (including phenoxy) is 1. The van der Waals surface area contributed by atoms with Gasteiger partial charge in [-0.15, -0.1) is 13.2 Å². The number of aryl methyl sites for hydroxylation is 2. The molecule has 0 saturated carbocycles. The number of hydrogen-bond donors (Lipinski definition) is 2. The summed E-state index contributed by atoms with van der Waals surface area (Å²) in [6, 6.07) is 10.1. The van der Waals surface area contributed by atoms with E-state index in [1.807, 2.05) is 29.9 Å². The predicted molar refractivity (Wildman–Crippen MR) is 94.4 cm³/mol. The van der Waals surface area contributed by atoms with E-state index in [0.29, 0.717) is 22.6 Å². The van der Waals surface area contributed by atoms with Crippen molar-refractivity contribution in [3.8, 4) is 5.75 Å². The third kappa shape index (κ3) is 3.90. The number of nitrogens with zero attached hydrogens (tertiary/aromatic N) is 2. The molecule has 0 fully saturated rings. The lowest BCUT2D eigenvalue weighted by molar-refractivity contribution is -0.274. The Kier molecular flexibility index (Phi) is 4.50. The third-order valence-corrected chi connectivity index (χ3v) is 3.82. The van der Waals surface area contributed by atoms with E-state index in [2.05, 4.69) is 15.0 Å². The van der Waals surface area contributed by atoms with Crippen LogP contribution in [0, 0.1) is 6.92 Å². The van der Waals surface area contributed by atoms with Crippen molar-refractivity contribution in [2.75, 3.05) is 5.32 Å². The lowest BCUT2D eigenvalue weighted by atomic mass is 10.2. The van der Waals surface area contributed by atoms with Crippen LogP contribution in [0.15, 0.2) is 48.8 Å². The van der Waals surface area contributed by atoms with Crippen LogP contribution in [-0.2, 0) is 7.05 Å². The van der Waals surface area contributed by atoms with Crippen molar-refractivity contribution < 1.29 is 17.9 Å². The minimum absolute atomic E-state index is 0.266. The second-order valence-corrected chi connectivity index (χ2v) is 5.81. The average Bonchev–Trinajstić information content (AvgIpc) is 2.94. The summed E-state index contributed by atoms with van der Waals surface area (Å²) in [6.45, 7) is 1.54. The zero-order valence-corrected chi connectivity index (χ0v) is 14.1. The number of halogens is 3. The first-order valence-electron chi connectivity index (χ1n) is 7.74. The molecule has 26 heavy (non-hydrogen) atoms. The second-order valence-electron chi connectivity index (χ2n) is 5.81. The first-order chi connectivity index (χ1) is 12.2. The number of alkyl halides is 3. The molecule has 0 aliphatic rings. The lowest BCUT2D eigenvalue weighted by Crippen LogP contribution is -2.17. The summed E-state index contributed by atoms with van der Waals surface area (Å²) < 4.78 is 43.2. The first-order valence-corrected chi connectivity index (χ1v) is 7.74. The molecule has 2 aromatic heterocycles. The summed E-state index contributed by atoms with van der Waals surface area (Å²) >= 11 is 0. The molecule has 5 nitrogen and oxygen atoms in total. The molecule has 136 valence electrons. The number of hydrogen-bond acceptors (Lipinski definition) is 4. The summed E-state index contributed by atoms with van der Waals surface area (Å²) in [5, 5.41) is 3.86. The molecular weight excluding hydrogens is 345 g/mol. The van der Waals surface area contributed by atoms with Crippen LogP contribution >= 0.6 is 0 Å². The molecule has 0 bridgehead atoms. The van der Waals surface area contributed by atoms with Crippen molar-refractivity contribution in [3.63, 3.8) is 0 Å². The van der Waals surface area contributed by atoms with Gasteiger partial charge in [0, 0.05) is 36.6 Å². The van der Waals surface area contributed by atoms with Gasteiger partial charge >= 0.3 is 6.36 Å². The minimum Gasteiger partial charge on any atom is -0.405 e. The normalized spacial score (nSPS) is 12.4. The van der Waals surface area contributed by atoms with Crippen LogP contribution in [0.1, 0.15) is 11.3 Å². The van der Waals surface area contributed by atoms with Crippen LogP contribution in [0.4, 0.5) is 18.9 Å².